The second-order valence-electron chi connectivity index (χ2n) is 10.4. The minimum absolute atomic E-state index is 0.0558. The topological polar surface area (TPSA) is 27.5 Å². The highest BCUT2D eigenvalue weighted by Gasteiger charge is 2.32. The van der Waals surface area contributed by atoms with Gasteiger partial charge in [0.15, 0.2) is 0 Å². The lowest BCUT2D eigenvalue weighted by atomic mass is 9.90. The summed E-state index contributed by atoms with van der Waals surface area (Å²) in [6, 6.07) is 8.14. The summed E-state index contributed by atoms with van der Waals surface area (Å²) in [4.78, 5) is 6.54. The highest BCUT2D eigenvalue weighted by atomic mass is 19.3. The van der Waals surface area contributed by atoms with Gasteiger partial charge >= 0.3 is 0 Å². The van der Waals surface area contributed by atoms with Gasteiger partial charge in [0.2, 0.25) is 0 Å². The van der Waals surface area contributed by atoms with Crippen molar-refractivity contribution in [1.82, 2.24) is 9.78 Å². The molecule has 1 aromatic heterocycles. The molecule has 6 rings (SSSR count). The molecule has 7 heteroatoms. The number of alkyl halides is 2. The molecule has 3 heterocycles. The smallest absolute Gasteiger partial charge is 0.264 e. The number of rotatable bonds is 4. The van der Waals surface area contributed by atoms with Gasteiger partial charge in [0.05, 0.1) is 17.6 Å². The molecule has 0 amide bonds. The van der Waals surface area contributed by atoms with Crippen LogP contribution in [0.5, 0.6) is 0 Å². The largest absolute Gasteiger partial charge is 0.341 e. The standard InChI is InChI=1S/C30H33F2N5/c1-19-35(3)28-15-23(14-25(29(28)36(19)4)20-9-6-5-7-10-20)37-12-8-11-21-13-24(22-17-33-34(2)18-22)26(30(31)32)16-27(21)37/h9,13-18,30H,1,5-8,10-12H2,2-4H3. The number of halogens is 2. The first-order valence-electron chi connectivity index (χ1n) is 13.1. The average molecular weight is 502 g/mol. The predicted molar refractivity (Wildman–Crippen MR) is 148 cm³/mol. The van der Waals surface area contributed by atoms with E-state index < -0.39 is 6.43 Å². The zero-order valence-corrected chi connectivity index (χ0v) is 21.8. The van der Waals surface area contributed by atoms with Gasteiger partial charge < -0.3 is 14.7 Å². The molecule has 192 valence electrons. The van der Waals surface area contributed by atoms with Crippen molar-refractivity contribution in [3.8, 4) is 11.1 Å². The van der Waals surface area contributed by atoms with Gasteiger partial charge in [-0.05, 0) is 79.5 Å². The van der Waals surface area contributed by atoms with E-state index >= 15 is 0 Å². The molecule has 2 aromatic carbocycles. The minimum Gasteiger partial charge on any atom is -0.341 e. The molecule has 0 atom stereocenters. The monoisotopic (exact) mass is 501 g/mol. The summed E-state index contributed by atoms with van der Waals surface area (Å²) in [5.41, 5.74) is 9.28. The summed E-state index contributed by atoms with van der Waals surface area (Å²) in [5, 5.41) is 4.22. The quantitative estimate of drug-likeness (QED) is 0.372. The number of allylic oxidation sites excluding steroid dienone is 2. The Balaban J connectivity index is 1.51. The number of benzene rings is 2. The first-order chi connectivity index (χ1) is 17.8. The number of hydrogen-bond donors (Lipinski definition) is 0. The van der Waals surface area contributed by atoms with Gasteiger partial charge in [-0.25, -0.2) is 8.78 Å². The van der Waals surface area contributed by atoms with Crippen LogP contribution in [0.4, 0.5) is 31.5 Å². The van der Waals surface area contributed by atoms with Crippen molar-refractivity contribution in [2.45, 2.75) is 45.0 Å². The Morgan fingerprint density at radius 1 is 0.919 bits per heavy atom. The summed E-state index contributed by atoms with van der Waals surface area (Å²) < 4.78 is 30.4. The lowest BCUT2D eigenvalue weighted by Gasteiger charge is -2.34. The molecule has 3 aromatic rings. The zero-order chi connectivity index (χ0) is 25.8. The molecule has 3 aliphatic rings. The van der Waals surface area contributed by atoms with Crippen molar-refractivity contribution in [2.24, 2.45) is 7.05 Å². The van der Waals surface area contributed by atoms with Crippen molar-refractivity contribution in [3.63, 3.8) is 0 Å². The van der Waals surface area contributed by atoms with E-state index in [0.717, 1.165) is 66.2 Å². The summed E-state index contributed by atoms with van der Waals surface area (Å²) in [6.45, 7) is 5.09. The number of fused-ring (bicyclic) bond motifs is 2. The fourth-order valence-electron chi connectivity index (χ4n) is 6.10. The Hall–Kier alpha value is -3.61. The summed E-state index contributed by atoms with van der Waals surface area (Å²) in [5.74, 6) is 0.935. The van der Waals surface area contributed by atoms with Crippen LogP contribution in [0.2, 0.25) is 0 Å². The maximum Gasteiger partial charge on any atom is 0.264 e. The zero-order valence-electron chi connectivity index (χ0n) is 21.8. The Bertz CT molecular complexity index is 1420. The molecular formula is C30H33F2N5. The maximum absolute atomic E-state index is 14.4. The number of hydrogen-bond acceptors (Lipinski definition) is 4. The normalized spacial score (nSPS) is 17.4. The van der Waals surface area contributed by atoms with E-state index in [9.17, 15) is 8.78 Å². The number of nitrogens with zero attached hydrogens (tertiary/aromatic N) is 5. The first kappa shape index (κ1) is 23.8. The SMILES string of the molecule is C=C1N(C)c2cc(N3CCCc4cc(-c5cnn(C)c5)c(C(F)F)cc43)cc(C3=CCCCC3)c2N1C. The van der Waals surface area contributed by atoms with Crippen LogP contribution in [-0.2, 0) is 13.5 Å². The Kier molecular flexibility index (Phi) is 5.81. The van der Waals surface area contributed by atoms with Crippen molar-refractivity contribution in [1.29, 1.82) is 0 Å². The van der Waals surface area contributed by atoms with E-state index in [-0.39, 0.29) is 5.56 Å². The fraction of sp³-hybridized carbons (Fsp3) is 0.367. The van der Waals surface area contributed by atoms with Crippen LogP contribution >= 0.6 is 0 Å². The van der Waals surface area contributed by atoms with Gasteiger partial charge in [-0.3, -0.25) is 4.68 Å². The number of anilines is 4. The molecule has 0 N–H and O–H groups in total. The van der Waals surface area contributed by atoms with Gasteiger partial charge in [-0.15, -0.1) is 0 Å². The van der Waals surface area contributed by atoms with Crippen LogP contribution in [0.25, 0.3) is 16.7 Å². The number of aromatic nitrogens is 2. The summed E-state index contributed by atoms with van der Waals surface area (Å²) in [6.07, 6.45) is 9.66. The van der Waals surface area contributed by atoms with Crippen LogP contribution in [-0.4, -0.2) is 30.4 Å². The van der Waals surface area contributed by atoms with Crippen molar-refractivity contribution in [3.05, 3.63) is 71.8 Å². The molecule has 2 aliphatic heterocycles. The second kappa shape index (κ2) is 9.05. The van der Waals surface area contributed by atoms with Crippen LogP contribution in [0.15, 0.2) is 55.1 Å². The lowest BCUT2D eigenvalue weighted by molar-refractivity contribution is 0.152. The van der Waals surface area contributed by atoms with E-state index in [1.165, 1.54) is 29.7 Å². The van der Waals surface area contributed by atoms with E-state index in [1.54, 1.807) is 23.1 Å². The van der Waals surface area contributed by atoms with Crippen LogP contribution < -0.4 is 14.7 Å². The van der Waals surface area contributed by atoms with Crippen molar-refractivity contribution in [2.75, 3.05) is 35.3 Å². The van der Waals surface area contributed by atoms with Gasteiger partial charge in [0.1, 0.15) is 5.82 Å². The molecule has 0 unspecified atom stereocenters. The molecule has 1 aliphatic carbocycles. The molecule has 0 fully saturated rings. The Morgan fingerprint density at radius 2 is 1.76 bits per heavy atom. The molecule has 5 nitrogen and oxygen atoms in total. The molecule has 0 saturated carbocycles. The molecule has 37 heavy (non-hydrogen) atoms. The number of aryl methyl sites for hydroxylation is 2. The van der Waals surface area contributed by atoms with Crippen molar-refractivity contribution < 1.29 is 8.78 Å². The third-order valence-corrected chi connectivity index (χ3v) is 8.11. The van der Waals surface area contributed by atoms with Crippen LogP contribution in [0.1, 0.15) is 55.2 Å². The van der Waals surface area contributed by atoms with Crippen LogP contribution in [0.3, 0.4) is 0 Å². The Morgan fingerprint density at radius 3 is 2.46 bits per heavy atom. The second-order valence-corrected chi connectivity index (χ2v) is 10.4. The third kappa shape index (κ3) is 3.92. The van der Waals surface area contributed by atoms with E-state index in [1.807, 2.05) is 20.2 Å². The molecular weight excluding hydrogens is 468 g/mol. The van der Waals surface area contributed by atoms with Crippen LogP contribution in [0, 0.1) is 0 Å². The molecule has 0 radical (unpaired) electrons. The predicted octanol–water partition coefficient (Wildman–Crippen LogP) is 7.42. The summed E-state index contributed by atoms with van der Waals surface area (Å²) >= 11 is 0. The highest BCUT2D eigenvalue weighted by molar-refractivity contribution is 5.95. The molecule has 0 spiro atoms. The van der Waals surface area contributed by atoms with Crippen molar-refractivity contribution >= 4 is 28.3 Å². The molecule has 0 bridgehead atoms. The first-order valence-corrected chi connectivity index (χ1v) is 13.1. The lowest BCUT2D eigenvalue weighted by Crippen LogP contribution is -2.25. The van der Waals surface area contributed by atoms with Gasteiger partial charge in [0, 0.05) is 61.9 Å². The van der Waals surface area contributed by atoms with Gasteiger partial charge in [-0.1, -0.05) is 12.7 Å². The van der Waals surface area contributed by atoms with E-state index in [2.05, 4.69) is 51.6 Å². The van der Waals surface area contributed by atoms with E-state index in [0.29, 0.717) is 5.56 Å². The third-order valence-electron chi connectivity index (χ3n) is 8.11. The van der Waals surface area contributed by atoms with E-state index in [4.69, 9.17) is 0 Å². The summed E-state index contributed by atoms with van der Waals surface area (Å²) in [7, 11) is 5.93. The Labute approximate surface area is 217 Å². The fourth-order valence-corrected chi connectivity index (χ4v) is 6.10. The maximum atomic E-state index is 14.4. The van der Waals surface area contributed by atoms with Gasteiger partial charge in [-0.2, -0.15) is 5.10 Å². The highest BCUT2D eigenvalue weighted by Crippen LogP contribution is 2.50. The van der Waals surface area contributed by atoms with Gasteiger partial charge in [0.25, 0.3) is 6.43 Å². The molecule has 0 saturated heterocycles. The minimum atomic E-state index is -2.57. The average Bonchev–Trinajstić information content (AvgIpc) is 3.44.